The summed E-state index contributed by atoms with van der Waals surface area (Å²) in [5, 5.41) is 16.1. The van der Waals surface area contributed by atoms with E-state index in [1.165, 1.54) is 5.56 Å². The van der Waals surface area contributed by atoms with Crippen molar-refractivity contribution in [2.45, 2.75) is 45.9 Å². The van der Waals surface area contributed by atoms with Gasteiger partial charge in [0.25, 0.3) is 0 Å². The van der Waals surface area contributed by atoms with Gasteiger partial charge in [-0.15, -0.1) is 11.3 Å². The molecule has 0 aliphatic heterocycles. The summed E-state index contributed by atoms with van der Waals surface area (Å²) in [7, 11) is 0. The summed E-state index contributed by atoms with van der Waals surface area (Å²) < 4.78 is 0. The Bertz CT molecular complexity index is 553. The van der Waals surface area contributed by atoms with E-state index in [1.54, 1.807) is 11.3 Å². The zero-order valence-electron chi connectivity index (χ0n) is 12.3. The van der Waals surface area contributed by atoms with Gasteiger partial charge < -0.3 is 10.4 Å². The van der Waals surface area contributed by atoms with Gasteiger partial charge in [0.2, 0.25) is 0 Å². The van der Waals surface area contributed by atoms with Crippen molar-refractivity contribution in [3.8, 4) is 0 Å². The van der Waals surface area contributed by atoms with Crippen molar-refractivity contribution in [3.05, 3.63) is 51.5 Å². The van der Waals surface area contributed by atoms with Gasteiger partial charge in [-0.1, -0.05) is 31.2 Å². The number of hydrogen-bond acceptors (Lipinski definition) is 4. The van der Waals surface area contributed by atoms with E-state index in [0.29, 0.717) is 0 Å². The Kier molecular flexibility index (Phi) is 5.29. The topological polar surface area (TPSA) is 45.1 Å². The minimum Gasteiger partial charge on any atom is -0.392 e. The van der Waals surface area contributed by atoms with Gasteiger partial charge in [-0.05, 0) is 31.4 Å². The third kappa shape index (κ3) is 3.66. The molecule has 2 unspecified atom stereocenters. The maximum Gasteiger partial charge on any atom is 0.110 e. The number of nitrogens with zero attached hydrogens (tertiary/aromatic N) is 1. The molecule has 1 heterocycles. The number of rotatable bonds is 6. The van der Waals surface area contributed by atoms with E-state index < -0.39 is 0 Å². The van der Waals surface area contributed by atoms with Crippen molar-refractivity contribution in [1.82, 2.24) is 10.3 Å². The predicted octanol–water partition coefficient (Wildman–Crippen LogP) is 3.75. The van der Waals surface area contributed by atoms with E-state index in [9.17, 15) is 5.11 Å². The number of aromatic nitrogens is 1. The molecule has 3 nitrogen and oxygen atoms in total. The number of thiazole rings is 1. The first-order chi connectivity index (χ1) is 9.63. The van der Waals surface area contributed by atoms with E-state index in [4.69, 9.17) is 0 Å². The molecular formula is C16H22N2OS. The number of aryl methyl sites for hydroxylation is 1. The van der Waals surface area contributed by atoms with Gasteiger partial charge >= 0.3 is 0 Å². The van der Waals surface area contributed by atoms with Gasteiger partial charge in [0, 0.05) is 17.1 Å². The average molecular weight is 290 g/mol. The maximum atomic E-state index is 9.22. The first-order valence-corrected chi connectivity index (χ1v) is 7.89. The van der Waals surface area contributed by atoms with Crippen molar-refractivity contribution < 1.29 is 5.11 Å². The lowest BCUT2D eigenvalue weighted by atomic mass is 10.0. The average Bonchev–Trinajstić information content (AvgIpc) is 2.91. The normalized spacial score (nSPS) is 14.2. The summed E-state index contributed by atoms with van der Waals surface area (Å²) in [5.41, 5.74) is 3.23. The standard InChI is InChI=1S/C16H22N2OS/c1-4-15(16-17-11(2)10-20-16)18-12(3)14-7-5-6-13(8-14)9-19/h5-8,10,12,15,18-19H,4,9H2,1-3H3. The Hall–Kier alpha value is -1.23. The van der Waals surface area contributed by atoms with Crippen LogP contribution in [0.3, 0.4) is 0 Å². The van der Waals surface area contributed by atoms with Crippen molar-refractivity contribution in [2.75, 3.05) is 0 Å². The highest BCUT2D eigenvalue weighted by Gasteiger charge is 2.16. The Morgan fingerprint density at radius 3 is 2.80 bits per heavy atom. The van der Waals surface area contributed by atoms with Crippen LogP contribution in [0.2, 0.25) is 0 Å². The Morgan fingerprint density at radius 2 is 2.20 bits per heavy atom. The first-order valence-electron chi connectivity index (χ1n) is 7.01. The number of aliphatic hydroxyl groups excluding tert-OH is 1. The van der Waals surface area contributed by atoms with Crippen LogP contribution < -0.4 is 5.32 Å². The van der Waals surface area contributed by atoms with E-state index in [0.717, 1.165) is 22.7 Å². The summed E-state index contributed by atoms with van der Waals surface area (Å²) in [5.74, 6) is 0. The molecule has 0 spiro atoms. The minimum absolute atomic E-state index is 0.0867. The van der Waals surface area contributed by atoms with Gasteiger partial charge in [0.05, 0.1) is 12.6 Å². The van der Waals surface area contributed by atoms with Crippen LogP contribution in [-0.4, -0.2) is 10.1 Å². The molecular weight excluding hydrogens is 268 g/mol. The molecule has 2 N–H and O–H groups in total. The van der Waals surface area contributed by atoms with Crippen LogP contribution in [-0.2, 0) is 6.61 Å². The van der Waals surface area contributed by atoms with Gasteiger partial charge in [-0.25, -0.2) is 4.98 Å². The quantitative estimate of drug-likeness (QED) is 0.851. The van der Waals surface area contributed by atoms with Crippen molar-refractivity contribution in [3.63, 3.8) is 0 Å². The number of aliphatic hydroxyl groups is 1. The number of benzene rings is 1. The molecule has 20 heavy (non-hydrogen) atoms. The largest absolute Gasteiger partial charge is 0.392 e. The van der Waals surface area contributed by atoms with Gasteiger partial charge in [0.15, 0.2) is 0 Å². The summed E-state index contributed by atoms with van der Waals surface area (Å²) >= 11 is 1.71. The molecule has 2 atom stereocenters. The number of hydrogen-bond donors (Lipinski definition) is 2. The molecule has 1 aromatic heterocycles. The Morgan fingerprint density at radius 1 is 1.40 bits per heavy atom. The molecule has 0 saturated carbocycles. The van der Waals surface area contributed by atoms with Crippen LogP contribution in [0.4, 0.5) is 0 Å². The van der Waals surface area contributed by atoms with Crippen LogP contribution in [0.5, 0.6) is 0 Å². The predicted molar refractivity (Wildman–Crippen MR) is 83.8 cm³/mol. The molecule has 2 aromatic rings. The highest BCUT2D eigenvalue weighted by atomic mass is 32.1. The second-order valence-electron chi connectivity index (χ2n) is 5.08. The summed E-state index contributed by atoms with van der Waals surface area (Å²) in [6.07, 6.45) is 1.01. The molecule has 1 aromatic carbocycles. The SMILES string of the molecule is CCC(NC(C)c1cccc(CO)c1)c1nc(C)cs1. The fourth-order valence-corrected chi connectivity index (χ4v) is 3.19. The fraction of sp³-hybridized carbons (Fsp3) is 0.438. The summed E-state index contributed by atoms with van der Waals surface area (Å²) in [6.45, 7) is 6.44. The molecule has 0 bridgehead atoms. The van der Waals surface area contributed by atoms with Crippen molar-refractivity contribution >= 4 is 11.3 Å². The first kappa shape index (κ1) is 15.2. The molecule has 108 valence electrons. The second kappa shape index (κ2) is 6.97. The smallest absolute Gasteiger partial charge is 0.110 e. The Labute approximate surface area is 124 Å². The molecule has 2 rings (SSSR count). The monoisotopic (exact) mass is 290 g/mol. The Balaban J connectivity index is 2.10. The molecule has 4 heteroatoms. The van der Waals surface area contributed by atoms with Crippen LogP contribution >= 0.6 is 11.3 Å². The molecule has 0 aliphatic carbocycles. The summed E-state index contributed by atoms with van der Waals surface area (Å²) in [6, 6.07) is 8.59. The van der Waals surface area contributed by atoms with E-state index >= 15 is 0 Å². The van der Waals surface area contributed by atoms with Crippen LogP contribution in [0, 0.1) is 6.92 Å². The lowest BCUT2D eigenvalue weighted by Gasteiger charge is -2.21. The lowest BCUT2D eigenvalue weighted by Crippen LogP contribution is -2.24. The zero-order chi connectivity index (χ0) is 14.5. The molecule has 0 radical (unpaired) electrons. The highest BCUT2D eigenvalue weighted by Crippen LogP contribution is 2.25. The summed E-state index contributed by atoms with van der Waals surface area (Å²) in [4.78, 5) is 4.58. The molecule has 0 saturated heterocycles. The highest BCUT2D eigenvalue weighted by molar-refractivity contribution is 7.09. The fourth-order valence-electron chi connectivity index (χ4n) is 2.25. The van der Waals surface area contributed by atoms with Gasteiger partial charge in [0.1, 0.15) is 5.01 Å². The van der Waals surface area contributed by atoms with Crippen LogP contribution in [0.15, 0.2) is 29.6 Å². The van der Waals surface area contributed by atoms with Crippen LogP contribution in [0.25, 0.3) is 0 Å². The maximum absolute atomic E-state index is 9.22. The second-order valence-corrected chi connectivity index (χ2v) is 5.97. The minimum atomic E-state index is 0.0867. The zero-order valence-corrected chi connectivity index (χ0v) is 13.1. The van der Waals surface area contributed by atoms with Gasteiger partial charge in [-0.3, -0.25) is 0 Å². The number of nitrogens with one attached hydrogen (secondary N) is 1. The molecule has 0 aliphatic rings. The van der Waals surface area contributed by atoms with E-state index in [2.05, 4.69) is 41.7 Å². The van der Waals surface area contributed by atoms with Crippen molar-refractivity contribution in [2.24, 2.45) is 0 Å². The third-order valence-electron chi connectivity index (χ3n) is 3.43. The van der Waals surface area contributed by atoms with E-state index in [-0.39, 0.29) is 18.7 Å². The van der Waals surface area contributed by atoms with E-state index in [1.807, 2.05) is 19.1 Å². The van der Waals surface area contributed by atoms with Crippen LogP contribution in [0.1, 0.15) is 54.2 Å². The van der Waals surface area contributed by atoms with Gasteiger partial charge in [-0.2, -0.15) is 0 Å². The lowest BCUT2D eigenvalue weighted by molar-refractivity contribution is 0.281. The third-order valence-corrected chi connectivity index (χ3v) is 4.50. The molecule has 0 fully saturated rings. The van der Waals surface area contributed by atoms with Crippen molar-refractivity contribution in [1.29, 1.82) is 0 Å². The molecule has 0 amide bonds.